The Kier molecular flexibility index (Phi) is 2.74. The van der Waals surface area contributed by atoms with E-state index in [1.54, 1.807) is 0 Å². The van der Waals surface area contributed by atoms with Gasteiger partial charge >= 0.3 is 0 Å². The Balaban J connectivity index is 3.14. The zero-order valence-electron chi connectivity index (χ0n) is 8.15. The molecule has 1 heteroatoms. The molecule has 0 amide bonds. The van der Waals surface area contributed by atoms with Crippen molar-refractivity contribution in [1.82, 2.24) is 0 Å². The highest BCUT2D eigenvalue weighted by molar-refractivity contribution is 5.52. The van der Waals surface area contributed by atoms with E-state index in [9.17, 15) is 0 Å². The first-order chi connectivity index (χ1) is 5.66. The first-order valence-electron chi connectivity index (χ1n) is 4.51. The van der Waals surface area contributed by atoms with Crippen LogP contribution in [0.3, 0.4) is 0 Å². The molecule has 0 aliphatic carbocycles. The zero-order chi connectivity index (χ0) is 9.14. The fourth-order valence-electron chi connectivity index (χ4n) is 1.55. The third-order valence-electron chi connectivity index (χ3n) is 2.37. The van der Waals surface area contributed by atoms with Gasteiger partial charge in [-0.25, -0.2) is 0 Å². The molecule has 0 saturated heterocycles. The molecule has 2 N–H and O–H groups in total. The summed E-state index contributed by atoms with van der Waals surface area (Å²) in [5.74, 6) is 0. The first kappa shape index (κ1) is 9.11. The second kappa shape index (κ2) is 3.61. The van der Waals surface area contributed by atoms with E-state index in [1.807, 2.05) is 6.07 Å². The van der Waals surface area contributed by atoms with Crippen LogP contribution in [0.5, 0.6) is 0 Å². The van der Waals surface area contributed by atoms with Gasteiger partial charge in [-0.15, -0.1) is 0 Å². The summed E-state index contributed by atoms with van der Waals surface area (Å²) in [4.78, 5) is 0. The van der Waals surface area contributed by atoms with E-state index in [0.29, 0.717) is 0 Å². The lowest BCUT2D eigenvalue weighted by atomic mass is 9.98. The van der Waals surface area contributed by atoms with Crippen LogP contribution in [-0.2, 0) is 6.42 Å². The number of aryl methyl sites for hydroxylation is 1. The Bertz CT molecular complexity index is 277. The fourth-order valence-corrected chi connectivity index (χ4v) is 1.55. The summed E-state index contributed by atoms with van der Waals surface area (Å²) in [6.45, 7) is 6.45. The van der Waals surface area contributed by atoms with Crippen LogP contribution in [0.2, 0.25) is 0 Å². The summed E-state index contributed by atoms with van der Waals surface area (Å²) in [5, 5.41) is 0. The molecule has 12 heavy (non-hydrogen) atoms. The standard InChI is InChI=1S/C11H17N/c1-4-5-10-8(2)6-7-11(12)9(10)3/h6-7H,4-5,12H2,1-3H3. The summed E-state index contributed by atoms with van der Waals surface area (Å²) in [5.41, 5.74) is 10.8. The third-order valence-corrected chi connectivity index (χ3v) is 2.37. The molecule has 1 aromatic rings. The van der Waals surface area contributed by atoms with E-state index < -0.39 is 0 Å². The van der Waals surface area contributed by atoms with Crippen LogP contribution >= 0.6 is 0 Å². The monoisotopic (exact) mass is 163 g/mol. The predicted molar refractivity (Wildman–Crippen MR) is 54.3 cm³/mol. The maximum Gasteiger partial charge on any atom is 0.0346 e. The molecule has 0 radical (unpaired) electrons. The average molecular weight is 163 g/mol. The van der Waals surface area contributed by atoms with Crippen molar-refractivity contribution >= 4 is 5.69 Å². The molecule has 1 aromatic carbocycles. The van der Waals surface area contributed by atoms with Crippen molar-refractivity contribution in [2.24, 2.45) is 0 Å². The molecule has 1 nitrogen and oxygen atoms in total. The van der Waals surface area contributed by atoms with Crippen LogP contribution < -0.4 is 5.73 Å². The Labute approximate surface area is 74.6 Å². The van der Waals surface area contributed by atoms with Crippen molar-refractivity contribution in [3.05, 3.63) is 28.8 Å². The fraction of sp³-hybridized carbons (Fsp3) is 0.455. The van der Waals surface area contributed by atoms with Gasteiger partial charge in [0.25, 0.3) is 0 Å². The van der Waals surface area contributed by atoms with Gasteiger partial charge in [0, 0.05) is 5.69 Å². The molecule has 0 spiro atoms. The van der Waals surface area contributed by atoms with Gasteiger partial charge in [-0.1, -0.05) is 19.4 Å². The minimum absolute atomic E-state index is 0.920. The number of nitrogen functional groups attached to an aromatic ring is 1. The number of anilines is 1. The topological polar surface area (TPSA) is 26.0 Å². The lowest BCUT2D eigenvalue weighted by Crippen LogP contribution is -1.98. The van der Waals surface area contributed by atoms with Crippen molar-refractivity contribution in [1.29, 1.82) is 0 Å². The minimum atomic E-state index is 0.920. The van der Waals surface area contributed by atoms with Crippen LogP contribution in [0.25, 0.3) is 0 Å². The van der Waals surface area contributed by atoms with E-state index in [1.165, 1.54) is 23.1 Å². The predicted octanol–water partition coefficient (Wildman–Crippen LogP) is 2.84. The van der Waals surface area contributed by atoms with Gasteiger partial charge in [0.1, 0.15) is 0 Å². The van der Waals surface area contributed by atoms with Crippen LogP contribution in [0.1, 0.15) is 30.0 Å². The molecular formula is C11H17N. The number of nitrogens with two attached hydrogens (primary N) is 1. The molecule has 0 unspecified atom stereocenters. The zero-order valence-corrected chi connectivity index (χ0v) is 8.15. The molecule has 1 rings (SSSR count). The summed E-state index contributed by atoms with van der Waals surface area (Å²) < 4.78 is 0. The molecule has 0 bridgehead atoms. The second-order valence-corrected chi connectivity index (χ2v) is 3.33. The van der Waals surface area contributed by atoms with Crippen molar-refractivity contribution in [3.8, 4) is 0 Å². The van der Waals surface area contributed by atoms with Crippen LogP contribution in [0.15, 0.2) is 12.1 Å². The van der Waals surface area contributed by atoms with Crippen LogP contribution in [-0.4, -0.2) is 0 Å². The molecule has 0 atom stereocenters. The quantitative estimate of drug-likeness (QED) is 0.666. The highest BCUT2D eigenvalue weighted by atomic mass is 14.6. The largest absolute Gasteiger partial charge is 0.399 e. The smallest absolute Gasteiger partial charge is 0.0346 e. The molecular weight excluding hydrogens is 146 g/mol. The number of hydrogen-bond acceptors (Lipinski definition) is 1. The Morgan fingerprint density at radius 2 is 1.92 bits per heavy atom. The Hall–Kier alpha value is -0.980. The Morgan fingerprint density at radius 1 is 1.25 bits per heavy atom. The van der Waals surface area contributed by atoms with Crippen LogP contribution in [0.4, 0.5) is 5.69 Å². The summed E-state index contributed by atoms with van der Waals surface area (Å²) >= 11 is 0. The number of benzene rings is 1. The molecule has 0 heterocycles. The van der Waals surface area contributed by atoms with Gasteiger partial charge in [-0.05, 0) is 43.0 Å². The van der Waals surface area contributed by atoms with Gasteiger partial charge < -0.3 is 5.73 Å². The second-order valence-electron chi connectivity index (χ2n) is 3.33. The maximum atomic E-state index is 5.82. The van der Waals surface area contributed by atoms with E-state index in [-0.39, 0.29) is 0 Å². The van der Waals surface area contributed by atoms with E-state index in [2.05, 4.69) is 26.8 Å². The lowest BCUT2D eigenvalue weighted by molar-refractivity contribution is 0.904. The highest BCUT2D eigenvalue weighted by Gasteiger charge is 2.03. The van der Waals surface area contributed by atoms with Gasteiger partial charge in [0.2, 0.25) is 0 Å². The molecule has 0 aliphatic heterocycles. The van der Waals surface area contributed by atoms with Gasteiger partial charge in [0.05, 0.1) is 0 Å². The van der Waals surface area contributed by atoms with Gasteiger partial charge in [-0.3, -0.25) is 0 Å². The molecule has 0 aromatic heterocycles. The summed E-state index contributed by atoms with van der Waals surface area (Å²) in [7, 11) is 0. The first-order valence-corrected chi connectivity index (χ1v) is 4.51. The van der Waals surface area contributed by atoms with E-state index >= 15 is 0 Å². The SMILES string of the molecule is CCCc1c(C)ccc(N)c1C. The maximum absolute atomic E-state index is 5.82. The lowest BCUT2D eigenvalue weighted by Gasteiger charge is -2.10. The summed E-state index contributed by atoms with van der Waals surface area (Å²) in [6.07, 6.45) is 2.33. The van der Waals surface area contributed by atoms with Gasteiger partial charge in [0.15, 0.2) is 0 Å². The van der Waals surface area contributed by atoms with Crippen molar-refractivity contribution in [2.75, 3.05) is 5.73 Å². The third kappa shape index (κ3) is 1.60. The van der Waals surface area contributed by atoms with Gasteiger partial charge in [-0.2, -0.15) is 0 Å². The number of hydrogen-bond donors (Lipinski definition) is 1. The highest BCUT2D eigenvalue weighted by Crippen LogP contribution is 2.20. The van der Waals surface area contributed by atoms with E-state index in [0.717, 1.165) is 12.1 Å². The van der Waals surface area contributed by atoms with Crippen molar-refractivity contribution in [3.63, 3.8) is 0 Å². The Morgan fingerprint density at radius 3 is 2.50 bits per heavy atom. The van der Waals surface area contributed by atoms with E-state index in [4.69, 9.17) is 5.73 Å². The average Bonchev–Trinajstić information content (AvgIpc) is 2.06. The number of rotatable bonds is 2. The molecule has 0 fully saturated rings. The molecule has 0 saturated carbocycles. The van der Waals surface area contributed by atoms with Crippen LogP contribution in [0, 0.1) is 13.8 Å². The summed E-state index contributed by atoms with van der Waals surface area (Å²) in [6, 6.07) is 4.09. The normalized spacial score (nSPS) is 10.2. The van der Waals surface area contributed by atoms with Crippen molar-refractivity contribution in [2.45, 2.75) is 33.6 Å². The minimum Gasteiger partial charge on any atom is -0.399 e. The van der Waals surface area contributed by atoms with Crippen molar-refractivity contribution < 1.29 is 0 Å². The molecule has 0 aliphatic rings. The molecule has 66 valence electrons.